The van der Waals surface area contributed by atoms with E-state index in [9.17, 15) is 14.4 Å². The molecule has 0 aromatic heterocycles. The molecule has 2 aromatic rings. The summed E-state index contributed by atoms with van der Waals surface area (Å²) in [5.41, 5.74) is 1.09. The van der Waals surface area contributed by atoms with Crippen molar-refractivity contribution in [3.05, 3.63) is 65.2 Å². The summed E-state index contributed by atoms with van der Waals surface area (Å²) in [6, 6.07) is 13.9. The van der Waals surface area contributed by atoms with Crippen LogP contribution in [-0.2, 0) is 16.8 Å². The van der Waals surface area contributed by atoms with Crippen LogP contribution in [0.15, 0.2) is 48.5 Å². The first-order chi connectivity index (χ1) is 13.0. The van der Waals surface area contributed by atoms with E-state index in [1.165, 1.54) is 0 Å². The molecule has 27 heavy (non-hydrogen) atoms. The molecule has 1 atom stereocenters. The fraction of sp³-hybridized carbons (Fsp3) is 0.286. The zero-order chi connectivity index (χ0) is 19.0. The van der Waals surface area contributed by atoms with E-state index in [2.05, 4.69) is 5.32 Å². The lowest BCUT2D eigenvalue weighted by molar-refractivity contribution is -0.132. The minimum absolute atomic E-state index is 0.265. The van der Waals surface area contributed by atoms with Crippen LogP contribution < -0.4 is 10.1 Å². The molecule has 2 aromatic carbocycles. The molecule has 3 amide bonds. The van der Waals surface area contributed by atoms with Gasteiger partial charge < -0.3 is 10.1 Å². The van der Waals surface area contributed by atoms with Crippen molar-refractivity contribution in [1.29, 1.82) is 0 Å². The Bertz CT molecular complexity index is 922. The Hall–Kier alpha value is -3.15. The second kappa shape index (κ2) is 6.54. The van der Waals surface area contributed by atoms with Gasteiger partial charge in [-0.25, -0.2) is 4.79 Å². The summed E-state index contributed by atoms with van der Waals surface area (Å²) < 4.78 is 5.61. The minimum atomic E-state index is -1.15. The van der Waals surface area contributed by atoms with Crippen LogP contribution in [0.1, 0.15) is 34.8 Å². The van der Waals surface area contributed by atoms with Gasteiger partial charge in [-0.05, 0) is 18.1 Å². The Balaban J connectivity index is 1.60. The van der Waals surface area contributed by atoms with E-state index in [0.717, 1.165) is 16.9 Å². The molecule has 6 nitrogen and oxygen atoms in total. The normalized spacial score (nSPS) is 21.0. The molecular formula is C21H20N2O4. The molecule has 6 heteroatoms. The predicted molar refractivity (Wildman–Crippen MR) is 98.6 cm³/mol. The number of urea groups is 1. The number of amides is 3. The molecule has 138 valence electrons. The summed E-state index contributed by atoms with van der Waals surface area (Å²) in [5, 5.41) is 2.81. The average molecular weight is 364 g/mol. The average Bonchev–Trinajstić information content (AvgIpc) is 2.93. The number of Topliss-reactive ketones (excluding diaryl/α,β-unsaturated/α-hetero) is 1. The Morgan fingerprint density at radius 1 is 1.15 bits per heavy atom. The van der Waals surface area contributed by atoms with Crippen molar-refractivity contribution < 1.29 is 19.1 Å². The number of hydrogen-bond donors (Lipinski definition) is 1. The molecule has 0 saturated carbocycles. The summed E-state index contributed by atoms with van der Waals surface area (Å²) in [6.45, 7) is 2.08. The van der Waals surface area contributed by atoms with Crippen LogP contribution in [0.3, 0.4) is 0 Å². The van der Waals surface area contributed by atoms with Crippen molar-refractivity contribution in [2.75, 3.05) is 13.2 Å². The fourth-order valence-electron chi connectivity index (χ4n) is 3.68. The number of fused-ring (bicyclic) bond motifs is 2. The number of ketones is 1. The van der Waals surface area contributed by atoms with Crippen LogP contribution in [0.25, 0.3) is 0 Å². The maximum atomic E-state index is 13.2. The van der Waals surface area contributed by atoms with Gasteiger partial charge in [0.2, 0.25) is 0 Å². The second-order valence-corrected chi connectivity index (χ2v) is 6.80. The van der Waals surface area contributed by atoms with Crippen LogP contribution in [-0.4, -0.2) is 35.8 Å². The highest BCUT2D eigenvalue weighted by Gasteiger charge is 2.55. The van der Waals surface area contributed by atoms with E-state index in [0.29, 0.717) is 29.9 Å². The number of imide groups is 1. The SMILES string of the molecule is CCc1ccc(C(=O)CN2C(=O)NC3(CCOc4ccccc43)C2=O)cc1. The van der Waals surface area contributed by atoms with Crippen molar-refractivity contribution in [2.24, 2.45) is 0 Å². The predicted octanol–water partition coefficient (Wildman–Crippen LogP) is 2.66. The van der Waals surface area contributed by atoms with Gasteiger partial charge in [0.05, 0.1) is 13.2 Å². The standard InChI is InChI=1S/C21H20N2O4/c1-2-14-7-9-15(10-8-14)17(24)13-23-19(25)21(22-20(23)26)11-12-27-18-6-4-3-5-16(18)21/h3-10H,2,11-13H2,1H3,(H,22,26). The van der Waals surface area contributed by atoms with Crippen molar-refractivity contribution in [1.82, 2.24) is 10.2 Å². The van der Waals surface area contributed by atoms with Gasteiger partial charge in [0, 0.05) is 17.5 Å². The Morgan fingerprint density at radius 2 is 1.89 bits per heavy atom. The maximum absolute atomic E-state index is 13.2. The zero-order valence-electron chi connectivity index (χ0n) is 15.0. The lowest BCUT2D eigenvalue weighted by Crippen LogP contribution is -2.47. The van der Waals surface area contributed by atoms with Gasteiger partial charge in [-0.15, -0.1) is 0 Å². The molecule has 0 bridgehead atoms. The highest BCUT2D eigenvalue weighted by atomic mass is 16.5. The summed E-state index contributed by atoms with van der Waals surface area (Å²) in [6.07, 6.45) is 1.22. The van der Waals surface area contributed by atoms with E-state index < -0.39 is 17.5 Å². The monoisotopic (exact) mass is 364 g/mol. The van der Waals surface area contributed by atoms with E-state index >= 15 is 0 Å². The molecule has 1 fully saturated rings. The van der Waals surface area contributed by atoms with Crippen LogP contribution in [0.2, 0.25) is 0 Å². The minimum Gasteiger partial charge on any atom is -0.493 e. The number of aryl methyl sites for hydroxylation is 1. The molecule has 1 unspecified atom stereocenters. The first kappa shape index (κ1) is 17.3. The van der Waals surface area contributed by atoms with Gasteiger partial charge in [-0.1, -0.05) is 49.4 Å². The summed E-state index contributed by atoms with van der Waals surface area (Å²) in [7, 11) is 0. The smallest absolute Gasteiger partial charge is 0.325 e. The maximum Gasteiger partial charge on any atom is 0.325 e. The number of para-hydroxylation sites is 1. The van der Waals surface area contributed by atoms with E-state index in [4.69, 9.17) is 4.74 Å². The largest absolute Gasteiger partial charge is 0.493 e. The van der Waals surface area contributed by atoms with Gasteiger partial charge in [0.1, 0.15) is 5.75 Å². The van der Waals surface area contributed by atoms with Gasteiger partial charge in [-0.3, -0.25) is 14.5 Å². The van der Waals surface area contributed by atoms with Crippen molar-refractivity contribution in [3.63, 3.8) is 0 Å². The number of benzene rings is 2. The van der Waals surface area contributed by atoms with Crippen LogP contribution in [0.4, 0.5) is 4.79 Å². The number of carbonyl (C=O) groups excluding carboxylic acids is 3. The Morgan fingerprint density at radius 3 is 2.63 bits per heavy atom. The molecule has 0 radical (unpaired) electrons. The van der Waals surface area contributed by atoms with Crippen LogP contribution in [0, 0.1) is 0 Å². The molecule has 0 aliphatic carbocycles. The molecule has 1 spiro atoms. The van der Waals surface area contributed by atoms with Gasteiger partial charge in [0.15, 0.2) is 11.3 Å². The third-order valence-electron chi connectivity index (χ3n) is 5.24. The van der Waals surface area contributed by atoms with Crippen LogP contribution in [0.5, 0.6) is 5.75 Å². The number of rotatable bonds is 4. The number of nitrogens with one attached hydrogen (secondary N) is 1. The van der Waals surface area contributed by atoms with Crippen molar-refractivity contribution in [2.45, 2.75) is 25.3 Å². The first-order valence-electron chi connectivity index (χ1n) is 9.04. The number of ether oxygens (including phenoxy) is 1. The first-order valence-corrected chi connectivity index (χ1v) is 9.04. The molecule has 1 N–H and O–H groups in total. The van der Waals surface area contributed by atoms with Crippen molar-refractivity contribution >= 4 is 17.7 Å². The highest BCUT2D eigenvalue weighted by molar-refractivity contribution is 6.11. The van der Waals surface area contributed by atoms with Crippen LogP contribution >= 0.6 is 0 Å². The summed E-state index contributed by atoms with van der Waals surface area (Å²) in [5.74, 6) is -0.0824. The van der Waals surface area contributed by atoms with Gasteiger partial charge >= 0.3 is 6.03 Å². The molecule has 4 rings (SSSR count). The summed E-state index contributed by atoms with van der Waals surface area (Å²) >= 11 is 0. The van der Waals surface area contributed by atoms with Gasteiger partial charge in [-0.2, -0.15) is 0 Å². The lowest BCUT2D eigenvalue weighted by Gasteiger charge is -2.33. The number of carbonyl (C=O) groups is 3. The number of nitrogens with zero attached hydrogens (tertiary/aromatic N) is 1. The Kier molecular flexibility index (Phi) is 4.18. The molecular weight excluding hydrogens is 344 g/mol. The third kappa shape index (κ3) is 2.77. The highest BCUT2D eigenvalue weighted by Crippen LogP contribution is 2.40. The number of hydrogen-bond acceptors (Lipinski definition) is 4. The zero-order valence-corrected chi connectivity index (χ0v) is 15.0. The summed E-state index contributed by atoms with van der Waals surface area (Å²) in [4.78, 5) is 39.3. The van der Waals surface area contributed by atoms with E-state index in [-0.39, 0.29) is 12.3 Å². The lowest BCUT2D eigenvalue weighted by atomic mass is 9.84. The Labute approximate surface area is 157 Å². The molecule has 2 aliphatic rings. The molecule has 2 heterocycles. The fourth-order valence-corrected chi connectivity index (χ4v) is 3.68. The van der Waals surface area contributed by atoms with E-state index in [1.54, 1.807) is 30.3 Å². The molecule has 1 saturated heterocycles. The van der Waals surface area contributed by atoms with Crippen molar-refractivity contribution in [3.8, 4) is 5.75 Å². The molecule has 2 aliphatic heterocycles. The van der Waals surface area contributed by atoms with Gasteiger partial charge in [0.25, 0.3) is 5.91 Å². The quantitative estimate of drug-likeness (QED) is 0.668. The topological polar surface area (TPSA) is 75.7 Å². The second-order valence-electron chi connectivity index (χ2n) is 6.80. The van der Waals surface area contributed by atoms with E-state index in [1.807, 2.05) is 25.1 Å². The third-order valence-corrected chi connectivity index (χ3v) is 5.24.